The van der Waals surface area contributed by atoms with Gasteiger partial charge in [-0.3, -0.25) is 0 Å². The molecule has 0 amide bonds. The molecule has 0 radical (unpaired) electrons. The molecule has 1 aliphatic carbocycles. The second-order valence-electron chi connectivity index (χ2n) is 5.59. The van der Waals surface area contributed by atoms with Gasteiger partial charge in [-0.2, -0.15) is 0 Å². The first-order valence-electron chi connectivity index (χ1n) is 7.14. The fraction of sp³-hybridized carbons (Fsp3) is 0.625. The highest BCUT2D eigenvalue weighted by Gasteiger charge is 2.38. The van der Waals surface area contributed by atoms with Crippen molar-refractivity contribution in [3.8, 4) is 5.75 Å². The number of hydrogen-bond acceptors (Lipinski definition) is 2. The maximum absolute atomic E-state index is 11.0. The molecular weight excluding hydrogens is 304 g/mol. The maximum Gasteiger partial charge on any atom is 0.122 e. The Hall–Kier alpha value is -0.540. The molecule has 0 heterocycles. The van der Waals surface area contributed by atoms with Gasteiger partial charge in [0.05, 0.1) is 12.7 Å². The molecule has 2 unspecified atom stereocenters. The highest BCUT2D eigenvalue weighted by Crippen LogP contribution is 2.40. The Morgan fingerprint density at radius 1 is 1.42 bits per heavy atom. The van der Waals surface area contributed by atoms with Gasteiger partial charge in [0.25, 0.3) is 0 Å². The van der Waals surface area contributed by atoms with Gasteiger partial charge < -0.3 is 9.84 Å². The molecule has 0 saturated heterocycles. The first-order chi connectivity index (χ1) is 9.09. The zero-order valence-electron chi connectivity index (χ0n) is 11.8. The average Bonchev–Trinajstić information content (AvgIpc) is 2.39. The Bertz CT molecular complexity index is 433. The van der Waals surface area contributed by atoms with Crippen LogP contribution in [-0.2, 0) is 6.42 Å². The predicted octanol–water partition coefficient (Wildman–Crippen LogP) is 4.33. The van der Waals surface area contributed by atoms with Crippen molar-refractivity contribution >= 4 is 15.9 Å². The van der Waals surface area contributed by atoms with Crippen LogP contribution in [0.15, 0.2) is 22.7 Å². The molecule has 0 bridgehead atoms. The lowest BCUT2D eigenvalue weighted by Crippen LogP contribution is -2.42. The second kappa shape index (κ2) is 6.27. The lowest BCUT2D eigenvalue weighted by atomic mass is 9.71. The van der Waals surface area contributed by atoms with Crippen molar-refractivity contribution in [3.05, 3.63) is 28.2 Å². The summed E-state index contributed by atoms with van der Waals surface area (Å²) in [4.78, 5) is 0. The number of rotatable bonds is 4. The second-order valence-corrected chi connectivity index (χ2v) is 6.50. The van der Waals surface area contributed by atoms with E-state index in [1.807, 2.05) is 12.1 Å². The molecule has 2 atom stereocenters. The summed E-state index contributed by atoms with van der Waals surface area (Å²) < 4.78 is 6.46. The standard InChI is InChI=1S/C16H23BrO2/c1-3-13-6-4-5-9-16(13,18)11-12-10-14(17)7-8-15(12)19-2/h7-8,10,13,18H,3-6,9,11H2,1-2H3. The van der Waals surface area contributed by atoms with E-state index < -0.39 is 5.60 Å². The number of halogens is 1. The van der Waals surface area contributed by atoms with Crippen LogP contribution < -0.4 is 4.74 Å². The fourth-order valence-corrected chi connectivity index (χ4v) is 3.74. The van der Waals surface area contributed by atoms with Crippen LogP contribution in [0.25, 0.3) is 0 Å². The van der Waals surface area contributed by atoms with Crippen molar-refractivity contribution in [1.82, 2.24) is 0 Å². The van der Waals surface area contributed by atoms with Crippen molar-refractivity contribution < 1.29 is 9.84 Å². The quantitative estimate of drug-likeness (QED) is 0.892. The average molecular weight is 327 g/mol. The Labute approximate surface area is 124 Å². The molecule has 1 fully saturated rings. The van der Waals surface area contributed by atoms with E-state index in [0.29, 0.717) is 12.3 Å². The number of benzene rings is 1. The molecule has 2 rings (SSSR count). The van der Waals surface area contributed by atoms with Crippen LogP contribution in [-0.4, -0.2) is 17.8 Å². The molecule has 1 N–H and O–H groups in total. The predicted molar refractivity (Wildman–Crippen MR) is 81.6 cm³/mol. The van der Waals surface area contributed by atoms with Crippen molar-refractivity contribution in [2.75, 3.05) is 7.11 Å². The first-order valence-corrected chi connectivity index (χ1v) is 7.93. The summed E-state index contributed by atoms with van der Waals surface area (Å²) in [7, 11) is 1.69. The van der Waals surface area contributed by atoms with Crippen LogP contribution in [0.4, 0.5) is 0 Å². The van der Waals surface area contributed by atoms with Crippen LogP contribution >= 0.6 is 15.9 Å². The molecule has 1 saturated carbocycles. The highest BCUT2D eigenvalue weighted by molar-refractivity contribution is 9.10. The van der Waals surface area contributed by atoms with E-state index in [1.54, 1.807) is 7.11 Å². The van der Waals surface area contributed by atoms with Crippen LogP contribution in [0, 0.1) is 5.92 Å². The smallest absolute Gasteiger partial charge is 0.122 e. The van der Waals surface area contributed by atoms with Gasteiger partial charge in [-0.1, -0.05) is 42.1 Å². The highest BCUT2D eigenvalue weighted by atomic mass is 79.9. The molecule has 0 aromatic heterocycles. The summed E-state index contributed by atoms with van der Waals surface area (Å²) >= 11 is 3.50. The fourth-order valence-electron chi connectivity index (χ4n) is 3.33. The topological polar surface area (TPSA) is 29.5 Å². The van der Waals surface area contributed by atoms with Gasteiger partial charge in [0.1, 0.15) is 5.75 Å². The molecule has 0 aliphatic heterocycles. The lowest BCUT2D eigenvalue weighted by Gasteiger charge is -2.40. The summed E-state index contributed by atoms with van der Waals surface area (Å²) in [5, 5.41) is 11.0. The number of methoxy groups -OCH3 is 1. The third-order valence-corrected chi connectivity index (χ3v) is 4.90. The lowest BCUT2D eigenvalue weighted by molar-refractivity contribution is -0.0494. The van der Waals surface area contributed by atoms with E-state index in [0.717, 1.165) is 41.5 Å². The molecule has 0 spiro atoms. The van der Waals surface area contributed by atoms with Crippen LogP contribution in [0.3, 0.4) is 0 Å². The molecule has 106 valence electrons. The zero-order valence-corrected chi connectivity index (χ0v) is 13.4. The first kappa shape index (κ1) is 14.9. The molecule has 19 heavy (non-hydrogen) atoms. The van der Waals surface area contributed by atoms with E-state index in [-0.39, 0.29) is 0 Å². The Balaban J connectivity index is 2.25. The van der Waals surface area contributed by atoms with E-state index in [4.69, 9.17) is 4.74 Å². The Morgan fingerprint density at radius 3 is 2.89 bits per heavy atom. The van der Waals surface area contributed by atoms with E-state index in [9.17, 15) is 5.11 Å². The normalized spacial score (nSPS) is 27.3. The summed E-state index contributed by atoms with van der Waals surface area (Å²) in [6.45, 7) is 2.18. The van der Waals surface area contributed by atoms with Crippen molar-refractivity contribution in [2.45, 2.75) is 51.0 Å². The van der Waals surface area contributed by atoms with Gasteiger partial charge >= 0.3 is 0 Å². The molecular formula is C16H23BrO2. The van der Waals surface area contributed by atoms with Gasteiger partial charge in [-0.15, -0.1) is 0 Å². The van der Waals surface area contributed by atoms with Crippen molar-refractivity contribution in [3.63, 3.8) is 0 Å². The van der Waals surface area contributed by atoms with Crippen LogP contribution in [0.1, 0.15) is 44.6 Å². The van der Waals surface area contributed by atoms with E-state index in [2.05, 4.69) is 28.9 Å². The molecule has 3 heteroatoms. The number of hydrogen-bond donors (Lipinski definition) is 1. The molecule has 1 aromatic rings. The van der Waals surface area contributed by atoms with Crippen molar-refractivity contribution in [2.24, 2.45) is 5.92 Å². The largest absolute Gasteiger partial charge is 0.496 e. The Kier molecular flexibility index (Phi) is 4.91. The summed E-state index contributed by atoms with van der Waals surface area (Å²) in [6.07, 6.45) is 6.16. The minimum Gasteiger partial charge on any atom is -0.496 e. The van der Waals surface area contributed by atoms with Gasteiger partial charge in [0.2, 0.25) is 0 Å². The number of ether oxygens (including phenoxy) is 1. The van der Waals surface area contributed by atoms with Crippen LogP contribution in [0.5, 0.6) is 5.75 Å². The third kappa shape index (κ3) is 3.32. The molecule has 2 nitrogen and oxygen atoms in total. The maximum atomic E-state index is 11.0. The third-order valence-electron chi connectivity index (χ3n) is 4.40. The van der Waals surface area contributed by atoms with Crippen molar-refractivity contribution in [1.29, 1.82) is 0 Å². The van der Waals surface area contributed by atoms with Gasteiger partial charge in [0.15, 0.2) is 0 Å². The minimum atomic E-state index is -0.568. The van der Waals surface area contributed by atoms with Gasteiger partial charge in [-0.25, -0.2) is 0 Å². The number of aliphatic hydroxyl groups is 1. The van der Waals surface area contributed by atoms with Gasteiger partial charge in [0, 0.05) is 10.9 Å². The summed E-state index contributed by atoms with van der Waals surface area (Å²) in [6, 6.07) is 6.01. The SMILES string of the molecule is CCC1CCCCC1(O)Cc1cc(Br)ccc1OC. The Morgan fingerprint density at radius 2 is 2.21 bits per heavy atom. The zero-order chi connectivity index (χ0) is 13.9. The molecule has 1 aromatic carbocycles. The van der Waals surface area contributed by atoms with E-state index in [1.165, 1.54) is 6.42 Å². The minimum absolute atomic E-state index is 0.407. The van der Waals surface area contributed by atoms with E-state index >= 15 is 0 Å². The van der Waals surface area contributed by atoms with Gasteiger partial charge in [-0.05, 0) is 42.5 Å². The summed E-state index contributed by atoms with van der Waals surface area (Å²) in [5.74, 6) is 1.28. The summed E-state index contributed by atoms with van der Waals surface area (Å²) in [5.41, 5.74) is 0.529. The monoisotopic (exact) mass is 326 g/mol. The van der Waals surface area contributed by atoms with Crippen LogP contribution in [0.2, 0.25) is 0 Å². The molecule has 1 aliphatic rings.